The zero-order valence-corrected chi connectivity index (χ0v) is 23.1. The van der Waals surface area contributed by atoms with E-state index >= 15 is 0 Å². The molecule has 2 aromatic heterocycles. The predicted molar refractivity (Wildman–Crippen MR) is 179 cm³/mol. The van der Waals surface area contributed by atoms with Crippen LogP contribution in [0, 0.1) is 0 Å². The molecule has 43 heavy (non-hydrogen) atoms. The van der Waals surface area contributed by atoms with Crippen molar-refractivity contribution in [3.63, 3.8) is 0 Å². The molecule has 7 aromatic carbocycles. The van der Waals surface area contributed by atoms with Crippen LogP contribution in [0.15, 0.2) is 140 Å². The van der Waals surface area contributed by atoms with E-state index in [4.69, 9.17) is 9.97 Å². The van der Waals surface area contributed by atoms with Crippen molar-refractivity contribution in [1.82, 2.24) is 14.5 Å². The van der Waals surface area contributed by atoms with E-state index in [1.807, 2.05) is 6.07 Å². The second-order valence-electron chi connectivity index (χ2n) is 11.4. The van der Waals surface area contributed by atoms with Crippen molar-refractivity contribution >= 4 is 54.3 Å². The van der Waals surface area contributed by atoms with Gasteiger partial charge in [-0.05, 0) is 56.6 Å². The minimum Gasteiger partial charge on any atom is -0.277 e. The molecule has 9 aromatic rings. The van der Waals surface area contributed by atoms with Crippen molar-refractivity contribution in [1.29, 1.82) is 0 Å². The summed E-state index contributed by atoms with van der Waals surface area (Å²) in [6, 6.07) is 49.9. The summed E-state index contributed by atoms with van der Waals surface area (Å²) < 4.78 is 2.29. The summed E-state index contributed by atoms with van der Waals surface area (Å²) in [6.07, 6.45) is 0. The molecular formula is C40H23N3. The molecule has 3 heteroatoms. The maximum absolute atomic E-state index is 5.31. The molecule has 0 spiro atoms. The molecule has 0 saturated carbocycles. The van der Waals surface area contributed by atoms with Gasteiger partial charge in [0.25, 0.3) is 0 Å². The SMILES string of the molecule is c1ccc(-c2nc(-n3c4ccccc4c4cc5c6c(cccc6c43)-c3c-5ccc4ccccc34)nc3ccccc23)cc1. The van der Waals surface area contributed by atoms with Gasteiger partial charge in [-0.2, -0.15) is 0 Å². The van der Waals surface area contributed by atoms with Crippen LogP contribution in [0.5, 0.6) is 0 Å². The Labute approximate surface area is 247 Å². The van der Waals surface area contributed by atoms with Gasteiger partial charge in [0, 0.05) is 27.1 Å². The highest BCUT2D eigenvalue weighted by molar-refractivity contribution is 6.29. The molecule has 0 bridgehead atoms. The fraction of sp³-hybridized carbons (Fsp3) is 0. The lowest BCUT2D eigenvalue weighted by atomic mass is 9.97. The lowest BCUT2D eigenvalue weighted by Crippen LogP contribution is -2.03. The highest BCUT2D eigenvalue weighted by Gasteiger charge is 2.27. The molecule has 1 aliphatic carbocycles. The van der Waals surface area contributed by atoms with Crippen LogP contribution >= 0.6 is 0 Å². The van der Waals surface area contributed by atoms with E-state index in [1.54, 1.807) is 0 Å². The van der Waals surface area contributed by atoms with Gasteiger partial charge < -0.3 is 0 Å². The Hall–Kier alpha value is -5.80. The second-order valence-corrected chi connectivity index (χ2v) is 11.4. The van der Waals surface area contributed by atoms with Gasteiger partial charge in [0.2, 0.25) is 5.95 Å². The topological polar surface area (TPSA) is 30.7 Å². The monoisotopic (exact) mass is 545 g/mol. The molecule has 0 radical (unpaired) electrons. The lowest BCUT2D eigenvalue weighted by Gasteiger charge is -2.13. The van der Waals surface area contributed by atoms with Gasteiger partial charge in [-0.1, -0.05) is 121 Å². The molecule has 0 amide bonds. The van der Waals surface area contributed by atoms with Crippen LogP contribution in [0.1, 0.15) is 0 Å². The van der Waals surface area contributed by atoms with Crippen LogP contribution in [0.3, 0.4) is 0 Å². The normalized spacial score (nSPS) is 12.2. The van der Waals surface area contributed by atoms with E-state index in [9.17, 15) is 0 Å². The van der Waals surface area contributed by atoms with Gasteiger partial charge in [0.05, 0.1) is 22.2 Å². The first-order chi connectivity index (χ1) is 21.3. The summed E-state index contributed by atoms with van der Waals surface area (Å²) in [5, 5.41) is 8.56. The molecule has 0 unspecified atom stereocenters. The lowest BCUT2D eigenvalue weighted by molar-refractivity contribution is 1.02. The van der Waals surface area contributed by atoms with Crippen molar-refractivity contribution in [2.24, 2.45) is 0 Å². The largest absolute Gasteiger partial charge is 0.277 e. The summed E-state index contributed by atoms with van der Waals surface area (Å²) in [5.41, 5.74) is 10.4. The minimum absolute atomic E-state index is 0.686. The van der Waals surface area contributed by atoms with Gasteiger partial charge in [0.1, 0.15) is 0 Å². The van der Waals surface area contributed by atoms with Crippen molar-refractivity contribution in [2.45, 2.75) is 0 Å². The van der Waals surface area contributed by atoms with Crippen LogP contribution in [0.25, 0.3) is 93.7 Å². The number of para-hydroxylation sites is 2. The summed E-state index contributed by atoms with van der Waals surface area (Å²) >= 11 is 0. The molecule has 3 nitrogen and oxygen atoms in total. The predicted octanol–water partition coefficient (Wildman–Crippen LogP) is 10.3. The number of aromatic nitrogens is 3. The van der Waals surface area contributed by atoms with Crippen LogP contribution in [-0.4, -0.2) is 14.5 Å². The zero-order valence-electron chi connectivity index (χ0n) is 23.1. The maximum Gasteiger partial charge on any atom is 0.235 e. The smallest absolute Gasteiger partial charge is 0.235 e. The summed E-state index contributed by atoms with van der Waals surface area (Å²) in [4.78, 5) is 10.5. The third kappa shape index (κ3) is 3.03. The van der Waals surface area contributed by atoms with Gasteiger partial charge in [-0.3, -0.25) is 4.57 Å². The first-order valence-corrected chi connectivity index (χ1v) is 14.7. The molecule has 0 fully saturated rings. The number of benzene rings is 7. The van der Waals surface area contributed by atoms with Crippen LogP contribution in [0.4, 0.5) is 0 Å². The Kier molecular flexibility index (Phi) is 4.45. The maximum atomic E-state index is 5.31. The molecule has 198 valence electrons. The minimum atomic E-state index is 0.686. The third-order valence-electron chi connectivity index (χ3n) is 9.12. The molecule has 0 N–H and O–H groups in total. The van der Waals surface area contributed by atoms with E-state index in [1.165, 1.54) is 54.6 Å². The molecule has 0 saturated heterocycles. The van der Waals surface area contributed by atoms with E-state index in [0.29, 0.717) is 5.95 Å². The summed E-state index contributed by atoms with van der Waals surface area (Å²) in [6.45, 7) is 0. The van der Waals surface area contributed by atoms with E-state index in [2.05, 4.69) is 138 Å². The second kappa shape index (κ2) is 8.37. The van der Waals surface area contributed by atoms with E-state index in [-0.39, 0.29) is 0 Å². The molecule has 1 aliphatic rings. The Morgan fingerprint density at radius 2 is 1.21 bits per heavy atom. The van der Waals surface area contributed by atoms with Crippen LogP contribution in [-0.2, 0) is 0 Å². The molecular weight excluding hydrogens is 522 g/mol. The quantitative estimate of drug-likeness (QED) is 0.216. The third-order valence-corrected chi connectivity index (χ3v) is 9.12. The zero-order chi connectivity index (χ0) is 28.1. The van der Waals surface area contributed by atoms with Crippen molar-refractivity contribution in [2.75, 3.05) is 0 Å². The number of hydrogen-bond donors (Lipinski definition) is 0. The fourth-order valence-corrected chi connectivity index (χ4v) is 7.33. The average molecular weight is 546 g/mol. The van der Waals surface area contributed by atoms with Crippen LogP contribution < -0.4 is 0 Å². The van der Waals surface area contributed by atoms with Gasteiger partial charge in [0.15, 0.2) is 0 Å². The standard InChI is InChI=1S/C40H23N3/c1-2-12-25(13-3-1)38-29-16-6-8-19-34(29)41-40(42-38)43-35-20-9-7-15-27(35)33-23-32-28-22-21-24-11-4-5-14-26(24)36(28)30-17-10-18-31(37(30)32)39(33)43/h1-23H. The van der Waals surface area contributed by atoms with E-state index in [0.717, 1.165) is 33.2 Å². The number of rotatable bonds is 2. The van der Waals surface area contributed by atoms with Crippen LogP contribution in [0.2, 0.25) is 0 Å². The summed E-state index contributed by atoms with van der Waals surface area (Å²) in [5.74, 6) is 0.686. The van der Waals surface area contributed by atoms with Gasteiger partial charge in [-0.25, -0.2) is 9.97 Å². The van der Waals surface area contributed by atoms with Gasteiger partial charge >= 0.3 is 0 Å². The Balaban J connectivity index is 1.37. The van der Waals surface area contributed by atoms with E-state index < -0.39 is 0 Å². The molecule has 0 aliphatic heterocycles. The number of fused-ring (bicyclic) bond motifs is 10. The van der Waals surface area contributed by atoms with Crippen molar-refractivity contribution in [3.8, 4) is 39.5 Å². The fourth-order valence-electron chi connectivity index (χ4n) is 7.33. The molecule has 2 heterocycles. The van der Waals surface area contributed by atoms with Gasteiger partial charge in [-0.15, -0.1) is 0 Å². The first-order valence-electron chi connectivity index (χ1n) is 14.7. The number of hydrogen-bond acceptors (Lipinski definition) is 2. The first kappa shape index (κ1) is 22.8. The van der Waals surface area contributed by atoms with Crippen molar-refractivity contribution in [3.05, 3.63) is 140 Å². The summed E-state index contributed by atoms with van der Waals surface area (Å²) in [7, 11) is 0. The Bertz CT molecular complexity index is 2610. The van der Waals surface area contributed by atoms with Crippen molar-refractivity contribution < 1.29 is 0 Å². The number of nitrogens with zero attached hydrogens (tertiary/aromatic N) is 3. The Morgan fingerprint density at radius 3 is 2.12 bits per heavy atom. The highest BCUT2D eigenvalue weighted by Crippen LogP contribution is 2.53. The average Bonchev–Trinajstić information content (AvgIpc) is 3.59. The molecule has 0 atom stereocenters. The molecule has 10 rings (SSSR count). The Morgan fingerprint density at radius 1 is 0.465 bits per heavy atom. The highest BCUT2D eigenvalue weighted by atomic mass is 15.2.